The lowest BCUT2D eigenvalue weighted by Crippen LogP contribution is -2.17. The molecule has 3 aromatic rings. The van der Waals surface area contributed by atoms with Crippen LogP contribution in [-0.4, -0.2) is 5.91 Å². The molecular weight excluding hydrogens is 348 g/mol. The molecule has 0 bridgehead atoms. The van der Waals surface area contributed by atoms with Crippen LogP contribution in [0, 0.1) is 6.92 Å². The Morgan fingerprint density at radius 1 is 1.15 bits per heavy atom. The number of benzene rings is 2. The third-order valence-electron chi connectivity index (χ3n) is 4.34. The predicted octanol–water partition coefficient (Wildman–Crippen LogP) is 4.86. The normalized spacial score (nSPS) is 12.1. The molecule has 26 heavy (non-hydrogen) atoms. The summed E-state index contributed by atoms with van der Waals surface area (Å²) in [5, 5.41) is 3.78. The fraction of sp³-hybridized carbons (Fsp3) is 0.190. The van der Waals surface area contributed by atoms with Crippen molar-refractivity contribution in [2.75, 3.05) is 0 Å². The van der Waals surface area contributed by atoms with Crippen LogP contribution in [-0.2, 0) is 6.54 Å². The number of furan rings is 1. The van der Waals surface area contributed by atoms with Gasteiger partial charge >= 0.3 is 0 Å². The van der Waals surface area contributed by atoms with Crippen molar-refractivity contribution in [1.29, 1.82) is 0 Å². The number of rotatable bonds is 6. The predicted molar refractivity (Wildman–Crippen MR) is 104 cm³/mol. The minimum Gasteiger partial charge on any atom is -0.460 e. The average molecular weight is 369 g/mol. The maximum absolute atomic E-state index is 11.4. The molecule has 0 unspecified atom stereocenters. The van der Waals surface area contributed by atoms with Crippen molar-refractivity contribution < 1.29 is 9.21 Å². The molecule has 0 saturated carbocycles. The van der Waals surface area contributed by atoms with E-state index in [0.29, 0.717) is 17.3 Å². The number of nitrogens with one attached hydrogen (secondary N) is 1. The van der Waals surface area contributed by atoms with E-state index in [1.54, 1.807) is 18.2 Å². The zero-order valence-electron chi connectivity index (χ0n) is 14.8. The number of hydrogen-bond donors (Lipinski definition) is 2. The Morgan fingerprint density at radius 2 is 1.88 bits per heavy atom. The highest BCUT2D eigenvalue weighted by Crippen LogP contribution is 2.27. The monoisotopic (exact) mass is 368 g/mol. The molecule has 0 aliphatic heterocycles. The topological polar surface area (TPSA) is 68.3 Å². The summed E-state index contributed by atoms with van der Waals surface area (Å²) in [5.74, 6) is 0.927. The fourth-order valence-corrected chi connectivity index (χ4v) is 2.93. The van der Waals surface area contributed by atoms with Gasteiger partial charge in [0.05, 0.1) is 17.1 Å². The van der Waals surface area contributed by atoms with Crippen molar-refractivity contribution in [1.82, 2.24) is 5.32 Å². The van der Waals surface area contributed by atoms with E-state index in [0.717, 1.165) is 11.3 Å². The Balaban J connectivity index is 1.69. The van der Waals surface area contributed by atoms with Crippen molar-refractivity contribution in [2.45, 2.75) is 26.4 Å². The lowest BCUT2D eigenvalue weighted by atomic mass is 10.1. The Morgan fingerprint density at radius 3 is 2.58 bits per heavy atom. The highest BCUT2D eigenvalue weighted by Gasteiger charge is 2.12. The third-order valence-corrected chi connectivity index (χ3v) is 4.67. The Hall–Kier alpha value is -2.56. The van der Waals surface area contributed by atoms with Gasteiger partial charge in [-0.3, -0.25) is 4.79 Å². The van der Waals surface area contributed by atoms with E-state index in [1.165, 1.54) is 11.1 Å². The van der Waals surface area contributed by atoms with Crippen LogP contribution in [0.1, 0.15) is 40.2 Å². The minimum absolute atomic E-state index is 0.209. The summed E-state index contributed by atoms with van der Waals surface area (Å²) in [7, 11) is 0. The standard InChI is InChI=1S/C21H21ClN2O2/c1-13-3-5-15(6-4-13)14(2)24-12-17-8-10-20(26-17)16-7-9-19(22)18(11-16)21(23)25/h3-11,14,24H,12H2,1-2H3,(H2,23,25)/t14-/m1/s1. The van der Waals surface area contributed by atoms with Gasteiger partial charge in [0.2, 0.25) is 5.91 Å². The van der Waals surface area contributed by atoms with Gasteiger partial charge in [0, 0.05) is 11.6 Å². The first-order chi connectivity index (χ1) is 12.4. The molecule has 134 valence electrons. The molecule has 0 radical (unpaired) electrons. The summed E-state index contributed by atoms with van der Waals surface area (Å²) in [6.07, 6.45) is 0. The van der Waals surface area contributed by atoms with Gasteiger partial charge in [-0.2, -0.15) is 0 Å². The molecular formula is C21H21ClN2O2. The molecule has 4 nitrogen and oxygen atoms in total. The molecule has 0 aliphatic rings. The summed E-state index contributed by atoms with van der Waals surface area (Å²) in [4.78, 5) is 11.4. The SMILES string of the molecule is Cc1ccc([C@@H](C)NCc2ccc(-c3ccc(Cl)c(C(N)=O)c3)o2)cc1. The van der Waals surface area contributed by atoms with Crippen LogP contribution < -0.4 is 11.1 Å². The summed E-state index contributed by atoms with van der Waals surface area (Å²) in [6, 6.07) is 17.6. The average Bonchev–Trinajstić information content (AvgIpc) is 3.09. The number of amides is 1. The maximum atomic E-state index is 11.4. The third kappa shape index (κ3) is 4.15. The summed E-state index contributed by atoms with van der Waals surface area (Å²) in [5.41, 5.74) is 8.87. The quantitative estimate of drug-likeness (QED) is 0.653. The summed E-state index contributed by atoms with van der Waals surface area (Å²) < 4.78 is 5.89. The van der Waals surface area contributed by atoms with Gasteiger partial charge < -0.3 is 15.5 Å². The molecule has 1 atom stereocenters. The van der Waals surface area contributed by atoms with Crippen molar-refractivity contribution >= 4 is 17.5 Å². The molecule has 0 aliphatic carbocycles. The largest absolute Gasteiger partial charge is 0.460 e. The van der Waals surface area contributed by atoms with Gasteiger partial charge in [-0.15, -0.1) is 0 Å². The van der Waals surface area contributed by atoms with E-state index in [9.17, 15) is 4.79 Å². The van der Waals surface area contributed by atoms with E-state index < -0.39 is 5.91 Å². The number of carbonyl (C=O) groups excluding carboxylic acids is 1. The molecule has 3 rings (SSSR count). The van der Waals surface area contributed by atoms with Crippen LogP contribution in [0.4, 0.5) is 0 Å². The number of primary amides is 1. The smallest absolute Gasteiger partial charge is 0.250 e. The van der Waals surface area contributed by atoms with Crippen molar-refractivity contribution in [2.24, 2.45) is 5.73 Å². The van der Waals surface area contributed by atoms with Gasteiger partial charge in [-0.05, 0) is 49.7 Å². The van der Waals surface area contributed by atoms with Gasteiger partial charge in [0.25, 0.3) is 0 Å². The molecule has 1 amide bonds. The van der Waals surface area contributed by atoms with Gasteiger partial charge in [0.1, 0.15) is 11.5 Å². The first kappa shape index (κ1) is 18.2. The second kappa shape index (κ2) is 7.77. The Kier molecular flexibility index (Phi) is 5.45. The van der Waals surface area contributed by atoms with Crippen molar-refractivity contribution in [3.8, 4) is 11.3 Å². The number of hydrogen-bond acceptors (Lipinski definition) is 3. The van der Waals surface area contributed by atoms with E-state index in [1.807, 2.05) is 12.1 Å². The second-order valence-electron chi connectivity index (χ2n) is 6.34. The molecule has 5 heteroatoms. The zero-order chi connectivity index (χ0) is 18.7. The van der Waals surface area contributed by atoms with Crippen LogP contribution in [0.15, 0.2) is 59.0 Å². The molecule has 1 heterocycles. The van der Waals surface area contributed by atoms with E-state index >= 15 is 0 Å². The van der Waals surface area contributed by atoms with Crippen LogP contribution in [0.5, 0.6) is 0 Å². The molecule has 3 N–H and O–H groups in total. The number of carbonyl (C=O) groups is 1. The van der Waals surface area contributed by atoms with E-state index in [-0.39, 0.29) is 11.6 Å². The van der Waals surface area contributed by atoms with Crippen molar-refractivity contribution in [3.05, 3.63) is 82.1 Å². The highest BCUT2D eigenvalue weighted by molar-refractivity contribution is 6.33. The second-order valence-corrected chi connectivity index (χ2v) is 6.75. The molecule has 1 aromatic heterocycles. The highest BCUT2D eigenvalue weighted by atomic mass is 35.5. The number of halogens is 1. The first-order valence-electron chi connectivity index (χ1n) is 8.42. The van der Waals surface area contributed by atoms with Crippen LogP contribution in [0.25, 0.3) is 11.3 Å². The van der Waals surface area contributed by atoms with Crippen LogP contribution >= 0.6 is 11.6 Å². The summed E-state index contributed by atoms with van der Waals surface area (Å²) in [6.45, 7) is 4.80. The Labute approximate surface area is 158 Å². The first-order valence-corrected chi connectivity index (χ1v) is 8.80. The number of aryl methyl sites for hydroxylation is 1. The van der Waals surface area contributed by atoms with E-state index in [4.69, 9.17) is 21.8 Å². The number of nitrogens with two attached hydrogens (primary N) is 1. The Bertz CT molecular complexity index is 916. The molecule has 0 spiro atoms. The maximum Gasteiger partial charge on any atom is 0.250 e. The zero-order valence-corrected chi connectivity index (χ0v) is 15.5. The van der Waals surface area contributed by atoms with Crippen molar-refractivity contribution in [3.63, 3.8) is 0 Å². The molecule has 0 fully saturated rings. The van der Waals surface area contributed by atoms with E-state index in [2.05, 4.69) is 43.4 Å². The van der Waals surface area contributed by atoms with Gasteiger partial charge in [-0.1, -0.05) is 41.4 Å². The minimum atomic E-state index is -0.558. The van der Waals surface area contributed by atoms with Crippen LogP contribution in [0.2, 0.25) is 5.02 Å². The van der Waals surface area contributed by atoms with Gasteiger partial charge in [-0.25, -0.2) is 0 Å². The lowest BCUT2D eigenvalue weighted by molar-refractivity contribution is 0.100. The molecule has 0 saturated heterocycles. The fourth-order valence-electron chi connectivity index (χ4n) is 2.72. The van der Waals surface area contributed by atoms with Gasteiger partial charge in [0.15, 0.2) is 0 Å². The lowest BCUT2D eigenvalue weighted by Gasteiger charge is -2.13. The van der Waals surface area contributed by atoms with Crippen LogP contribution in [0.3, 0.4) is 0 Å². The summed E-state index contributed by atoms with van der Waals surface area (Å²) >= 11 is 5.99. The molecule has 2 aromatic carbocycles.